The number of hydrogen-bond acceptors (Lipinski definition) is 4. The molecule has 0 saturated carbocycles. The van der Waals surface area contributed by atoms with Crippen LogP contribution < -0.4 is 10.6 Å². The average molecular weight is 384 g/mol. The van der Waals surface area contributed by atoms with E-state index in [9.17, 15) is 24.3 Å². The minimum Gasteiger partial charge on any atom is -0.480 e. The number of aromatic carboxylic acids is 1. The molecule has 146 valence electrons. The van der Waals surface area contributed by atoms with Crippen LogP contribution in [0.1, 0.15) is 33.2 Å². The fourth-order valence-corrected chi connectivity index (χ4v) is 2.54. The van der Waals surface area contributed by atoms with Crippen molar-refractivity contribution in [2.45, 2.75) is 25.4 Å². The first-order valence-corrected chi connectivity index (χ1v) is 8.50. The van der Waals surface area contributed by atoms with E-state index in [4.69, 9.17) is 5.11 Å². The summed E-state index contributed by atoms with van der Waals surface area (Å²) in [6.45, 7) is 1.31. The van der Waals surface area contributed by atoms with Gasteiger partial charge in [0.15, 0.2) is 0 Å². The van der Waals surface area contributed by atoms with Crippen molar-refractivity contribution in [2.75, 3.05) is 0 Å². The van der Waals surface area contributed by atoms with Crippen molar-refractivity contribution in [1.82, 2.24) is 10.6 Å². The molecular weight excluding hydrogens is 364 g/mol. The Labute approximate surface area is 161 Å². The monoisotopic (exact) mass is 384 g/mol. The van der Waals surface area contributed by atoms with E-state index in [1.165, 1.54) is 31.2 Å². The van der Waals surface area contributed by atoms with Crippen molar-refractivity contribution >= 4 is 23.8 Å². The average Bonchev–Trinajstić information content (AvgIpc) is 2.67. The highest BCUT2D eigenvalue weighted by molar-refractivity contribution is 6.06. The number of benzene rings is 2. The molecule has 0 saturated heterocycles. The highest BCUT2D eigenvalue weighted by atomic mass is 16.4. The van der Waals surface area contributed by atoms with Crippen molar-refractivity contribution in [3.05, 3.63) is 71.3 Å². The summed E-state index contributed by atoms with van der Waals surface area (Å²) in [6, 6.07) is 12.3. The summed E-state index contributed by atoms with van der Waals surface area (Å²) in [6.07, 6.45) is 0.111. The molecule has 0 unspecified atom stereocenters. The second-order valence-corrected chi connectivity index (χ2v) is 6.14. The quantitative estimate of drug-likeness (QED) is 0.542. The maximum atomic E-state index is 12.6. The lowest BCUT2D eigenvalue weighted by molar-refractivity contribution is -0.141. The van der Waals surface area contributed by atoms with Gasteiger partial charge in [0.2, 0.25) is 5.91 Å². The van der Waals surface area contributed by atoms with Crippen LogP contribution in [0.5, 0.6) is 0 Å². The third kappa shape index (κ3) is 5.41. The van der Waals surface area contributed by atoms with Crippen LogP contribution in [-0.4, -0.2) is 46.0 Å². The number of carbonyl (C=O) groups is 4. The Morgan fingerprint density at radius 3 is 2.00 bits per heavy atom. The zero-order valence-corrected chi connectivity index (χ0v) is 15.1. The van der Waals surface area contributed by atoms with Gasteiger partial charge in [-0.15, -0.1) is 0 Å². The summed E-state index contributed by atoms with van der Waals surface area (Å²) in [7, 11) is 0. The van der Waals surface area contributed by atoms with Gasteiger partial charge < -0.3 is 20.8 Å². The van der Waals surface area contributed by atoms with E-state index < -0.39 is 35.8 Å². The molecule has 2 aromatic carbocycles. The Kier molecular flexibility index (Phi) is 6.86. The molecule has 8 heteroatoms. The number of carboxylic acids is 2. The minimum absolute atomic E-state index is 0.0906. The number of rotatable bonds is 8. The topological polar surface area (TPSA) is 133 Å². The zero-order valence-electron chi connectivity index (χ0n) is 15.1. The molecule has 2 amide bonds. The highest BCUT2D eigenvalue weighted by Crippen LogP contribution is 2.10. The molecule has 0 aliphatic carbocycles. The number of carboxylic acid groups (broad SMARTS) is 2. The Bertz CT molecular complexity index is 881. The van der Waals surface area contributed by atoms with Crippen LogP contribution in [0.2, 0.25) is 0 Å². The molecule has 0 aliphatic rings. The van der Waals surface area contributed by atoms with Crippen molar-refractivity contribution < 1.29 is 29.4 Å². The molecule has 0 spiro atoms. The van der Waals surface area contributed by atoms with Crippen LogP contribution >= 0.6 is 0 Å². The molecular formula is C20H20N2O6. The van der Waals surface area contributed by atoms with Gasteiger partial charge in [-0.1, -0.05) is 42.5 Å². The SMILES string of the molecule is C[C@H](NC(=O)[C@@H](Cc1ccccc1)NC(=O)c1ccccc1C(=O)O)C(=O)O. The molecule has 2 rings (SSSR count). The fourth-order valence-electron chi connectivity index (χ4n) is 2.54. The lowest BCUT2D eigenvalue weighted by Gasteiger charge is -2.20. The molecule has 28 heavy (non-hydrogen) atoms. The van der Waals surface area contributed by atoms with Gasteiger partial charge in [-0.3, -0.25) is 14.4 Å². The number of nitrogens with one attached hydrogen (secondary N) is 2. The fraction of sp³-hybridized carbons (Fsp3) is 0.200. The standard InChI is InChI=1S/C20H20N2O6/c1-12(19(25)26)21-18(24)16(11-13-7-3-2-4-8-13)22-17(23)14-9-5-6-10-15(14)20(27)28/h2-10,12,16H,11H2,1H3,(H,21,24)(H,22,23)(H,25,26)(H,27,28)/t12-,16+/m0/s1. The summed E-state index contributed by atoms with van der Waals surface area (Å²) in [5.41, 5.74) is 0.461. The van der Waals surface area contributed by atoms with Gasteiger partial charge >= 0.3 is 11.9 Å². The van der Waals surface area contributed by atoms with Crippen LogP contribution in [0.4, 0.5) is 0 Å². The molecule has 0 aromatic heterocycles. The second-order valence-electron chi connectivity index (χ2n) is 6.14. The smallest absolute Gasteiger partial charge is 0.336 e. The first kappa shape index (κ1) is 20.6. The molecule has 2 aromatic rings. The van der Waals surface area contributed by atoms with Gasteiger partial charge in [0.1, 0.15) is 12.1 Å². The van der Waals surface area contributed by atoms with Gasteiger partial charge in [0, 0.05) is 6.42 Å². The minimum atomic E-state index is -1.27. The van der Waals surface area contributed by atoms with Crippen LogP contribution in [0.3, 0.4) is 0 Å². The van der Waals surface area contributed by atoms with E-state index in [2.05, 4.69) is 10.6 Å². The molecule has 0 radical (unpaired) electrons. The highest BCUT2D eigenvalue weighted by Gasteiger charge is 2.26. The zero-order chi connectivity index (χ0) is 20.7. The van der Waals surface area contributed by atoms with Gasteiger partial charge in [0.25, 0.3) is 5.91 Å². The first-order chi connectivity index (χ1) is 13.3. The molecule has 0 bridgehead atoms. The Morgan fingerprint density at radius 2 is 1.43 bits per heavy atom. The van der Waals surface area contributed by atoms with Gasteiger partial charge in [0.05, 0.1) is 11.1 Å². The van der Waals surface area contributed by atoms with E-state index in [0.29, 0.717) is 0 Å². The lowest BCUT2D eigenvalue weighted by atomic mass is 10.0. The maximum Gasteiger partial charge on any atom is 0.336 e. The van der Waals surface area contributed by atoms with E-state index in [-0.39, 0.29) is 17.5 Å². The van der Waals surface area contributed by atoms with Crippen LogP contribution in [-0.2, 0) is 16.0 Å². The van der Waals surface area contributed by atoms with Crippen molar-refractivity contribution in [1.29, 1.82) is 0 Å². The summed E-state index contributed by atoms with van der Waals surface area (Å²) in [5, 5.41) is 23.1. The Hall–Kier alpha value is -3.68. The summed E-state index contributed by atoms with van der Waals surface area (Å²) in [5.74, 6) is -3.90. The van der Waals surface area contributed by atoms with Gasteiger partial charge in [-0.2, -0.15) is 0 Å². The first-order valence-electron chi connectivity index (χ1n) is 8.50. The van der Waals surface area contributed by atoms with Crippen LogP contribution in [0.15, 0.2) is 54.6 Å². The summed E-state index contributed by atoms with van der Waals surface area (Å²) < 4.78 is 0. The Morgan fingerprint density at radius 1 is 0.857 bits per heavy atom. The largest absolute Gasteiger partial charge is 0.480 e. The second kappa shape index (κ2) is 9.31. The van der Waals surface area contributed by atoms with Crippen molar-refractivity contribution in [3.63, 3.8) is 0 Å². The third-order valence-corrected chi connectivity index (χ3v) is 4.04. The number of aliphatic carboxylic acids is 1. The normalized spacial score (nSPS) is 12.5. The number of hydrogen-bond donors (Lipinski definition) is 4. The van der Waals surface area contributed by atoms with Crippen LogP contribution in [0, 0.1) is 0 Å². The van der Waals surface area contributed by atoms with Gasteiger partial charge in [-0.05, 0) is 24.6 Å². The third-order valence-electron chi connectivity index (χ3n) is 4.04. The Balaban J connectivity index is 2.26. The molecule has 2 atom stereocenters. The molecule has 4 N–H and O–H groups in total. The van der Waals surface area contributed by atoms with E-state index in [1.54, 1.807) is 30.3 Å². The molecule has 0 aliphatic heterocycles. The van der Waals surface area contributed by atoms with Crippen molar-refractivity contribution in [2.24, 2.45) is 0 Å². The maximum absolute atomic E-state index is 12.6. The van der Waals surface area contributed by atoms with Crippen LogP contribution in [0.25, 0.3) is 0 Å². The number of carbonyl (C=O) groups excluding carboxylic acids is 2. The van der Waals surface area contributed by atoms with E-state index >= 15 is 0 Å². The number of amides is 2. The molecule has 8 nitrogen and oxygen atoms in total. The van der Waals surface area contributed by atoms with E-state index in [1.807, 2.05) is 0 Å². The predicted octanol–water partition coefficient (Wildman–Crippen LogP) is 1.32. The van der Waals surface area contributed by atoms with E-state index in [0.717, 1.165) is 5.56 Å². The molecule has 0 heterocycles. The van der Waals surface area contributed by atoms with Gasteiger partial charge in [-0.25, -0.2) is 4.79 Å². The predicted molar refractivity (Wildman–Crippen MR) is 100 cm³/mol. The van der Waals surface area contributed by atoms with Crippen molar-refractivity contribution in [3.8, 4) is 0 Å². The summed E-state index contributed by atoms with van der Waals surface area (Å²) in [4.78, 5) is 47.5. The summed E-state index contributed by atoms with van der Waals surface area (Å²) >= 11 is 0. The molecule has 0 fully saturated rings. The lowest BCUT2D eigenvalue weighted by Crippen LogP contribution is -2.51.